The van der Waals surface area contributed by atoms with Crippen molar-refractivity contribution >= 4 is 11.3 Å². The minimum Gasteiger partial charge on any atom is -0.485 e. The number of ether oxygens (including phenoxy) is 1. The lowest BCUT2D eigenvalue weighted by molar-refractivity contribution is 0.296. The first-order valence-corrected chi connectivity index (χ1v) is 7.28. The number of hydrogen-bond acceptors (Lipinski definition) is 5. The van der Waals surface area contributed by atoms with E-state index in [-0.39, 0.29) is 0 Å². The van der Waals surface area contributed by atoms with Gasteiger partial charge in [-0.15, -0.1) is 11.3 Å². The number of nitrogens with one attached hydrogen (secondary N) is 1. The molecule has 0 atom stereocenters. The van der Waals surface area contributed by atoms with Gasteiger partial charge >= 0.3 is 0 Å². The van der Waals surface area contributed by atoms with Gasteiger partial charge in [-0.3, -0.25) is 4.98 Å². The molecule has 2 aromatic heterocycles. The molecule has 2 rings (SSSR count). The molecule has 0 fully saturated rings. The molecule has 0 saturated heterocycles. The van der Waals surface area contributed by atoms with Crippen LogP contribution >= 0.6 is 11.3 Å². The van der Waals surface area contributed by atoms with E-state index in [1.807, 2.05) is 31.4 Å². The van der Waals surface area contributed by atoms with Crippen LogP contribution in [0, 0.1) is 13.8 Å². The molecule has 0 aliphatic heterocycles. The van der Waals surface area contributed by atoms with Gasteiger partial charge in [0.2, 0.25) is 0 Å². The maximum absolute atomic E-state index is 5.83. The van der Waals surface area contributed by atoms with Crippen molar-refractivity contribution in [3.63, 3.8) is 0 Å². The summed E-state index contributed by atoms with van der Waals surface area (Å²) in [5.41, 5.74) is 2.93. The molecule has 4 nitrogen and oxygen atoms in total. The van der Waals surface area contributed by atoms with E-state index in [0.29, 0.717) is 6.61 Å². The third kappa shape index (κ3) is 4.01. The lowest BCUT2D eigenvalue weighted by Crippen LogP contribution is -2.14. The molecule has 0 radical (unpaired) electrons. The van der Waals surface area contributed by atoms with Crippen molar-refractivity contribution in [1.82, 2.24) is 15.3 Å². The highest BCUT2D eigenvalue weighted by Gasteiger charge is 2.07. The van der Waals surface area contributed by atoms with Crippen LogP contribution < -0.4 is 10.1 Å². The van der Waals surface area contributed by atoms with Crippen LogP contribution in [-0.2, 0) is 13.2 Å². The smallest absolute Gasteiger partial charge is 0.142 e. The summed E-state index contributed by atoms with van der Waals surface area (Å²) in [5.74, 6) is 0.831. The predicted octanol–water partition coefficient (Wildman–Crippen LogP) is 2.84. The van der Waals surface area contributed by atoms with Gasteiger partial charge in [-0.1, -0.05) is 6.92 Å². The molecule has 0 aliphatic rings. The van der Waals surface area contributed by atoms with Crippen LogP contribution in [0.15, 0.2) is 17.5 Å². The molecule has 0 saturated carbocycles. The third-order valence-corrected chi connectivity index (χ3v) is 3.48. The molecular weight excluding hydrogens is 258 g/mol. The summed E-state index contributed by atoms with van der Waals surface area (Å²) in [7, 11) is 0. The summed E-state index contributed by atoms with van der Waals surface area (Å²) in [5, 5.41) is 6.37. The number of rotatable bonds is 6. The zero-order valence-corrected chi connectivity index (χ0v) is 12.4. The average Bonchev–Trinajstić information content (AvgIpc) is 2.81. The van der Waals surface area contributed by atoms with Crippen LogP contribution in [0.3, 0.4) is 0 Å². The molecule has 19 heavy (non-hydrogen) atoms. The van der Waals surface area contributed by atoms with Gasteiger partial charge in [0.15, 0.2) is 0 Å². The molecule has 0 aliphatic carbocycles. The fourth-order valence-corrected chi connectivity index (χ4v) is 2.32. The second-order valence-electron chi connectivity index (χ2n) is 4.32. The Morgan fingerprint density at radius 3 is 2.79 bits per heavy atom. The van der Waals surface area contributed by atoms with E-state index in [0.717, 1.165) is 40.9 Å². The van der Waals surface area contributed by atoms with Crippen molar-refractivity contribution in [1.29, 1.82) is 0 Å². The maximum Gasteiger partial charge on any atom is 0.142 e. The van der Waals surface area contributed by atoms with Gasteiger partial charge in [-0.25, -0.2) is 4.98 Å². The average molecular weight is 277 g/mol. The van der Waals surface area contributed by atoms with Gasteiger partial charge in [0.05, 0.1) is 16.4 Å². The zero-order valence-electron chi connectivity index (χ0n) is 11.6. The van der Waals surface area contributed by atoms with Crippen LogP contribution in [0.5, 0.6) is 5.75 Å². The normalized spacial score (nSPS) is 10.7. The molecule has 0 unspecified atom stereocenters. The van der Waals surface area contributed by atoms with E-state index in [1.54, 1.807) is 11.3 Å². The Hall–Kier alpha value is -1.46. The van der Waals surface area contributed by atoms with Crippen molar-refractivity contribution in [2.75, 3.05) is 6.54 Å². The van der Waals surface area contributed by atoms with Crippen molar-refractivity contribution < 1.29 is 4.74 Å². The Bertz CT molecular complexity index is 539. The lowest BCUT2D eigenvalue weighted by Gasteiger charge is -2.11. The fraction of sp³-hybridized carbons (Fsp3) is 0.429. The van der Waals surface area contributed by atoms with Gasteiger partial charge in [0, 0.05) is 17.6 Å². The standard InChI is InChI=1S/C14H19N3OS/c1-4-15-7-13-14(6-5-10(2)16-13)18-8-12-9-19-11(3)17-12/h5-6,9,15H,4,7-8H2,1-3H3. The Morgan fingerprint density at radius 1 is 1.26 bits per heavy atom. The van der Waals surface area contributed by atoms with Crippen molar-refractivity contribution in [3.8, 4) is 5.75 Å². The Balaban J connectivity index is 2.05. The first-order valence-electron chi connectivity index (χ1n) is 6.40. The molecule has 2 aromatic rings. The van der Waals surface area contributed by atoms with Crippen LogP contribution in [0.1, 0.15) is 29.0 Å². The predicted molar refractivity (Wildman–Crippen MR) is 77.5 cm³/mol. The third-order valence-electron chi connectivity index (χ3n) is 2.66. The van der Waals surface area contributed by atoms with Gasteiger partial charge < -0.3 is 10.1 Å². The van der Waals surface area contributed by atoms with E-state index in [9.17, 15) is 0 Å². The molecular formula is C14H19N3OS. The number of aromatic nitrogens is 2. The highest BCUT2D eigenvalue weighted by atomic mass is 32.1. The van der Waals surface area contributed by atoms with E-state index in [4.69, 9.17) is 4.74 Å². The number of hydrogen-bond donors (Lipinski definition) is 1. The topological polar surface area (TPSA) is 47.0 Å². The van der Waals surface area contributed by atoms with Gasteiger partial charge in [-0.05, 0) is 32.5 Å². The van der Waals surface area contributed by atoms with Gasteiger partial charge in [-0.2, -0.15) is 0 Å². The van der Waals surface area contributed by atoms with Crippen LogP contribution in [-0.4, -0.2) is 16.5 Å². The summed E-state index contributed by atoms with van der Waals surface area (Å²) < 4.78 is 5.83. The van der Waals surface area contributed by atoms with E-state index < -0.39 is 0 Å². The maximum atomic E-state index is 5.83. The van der Waals surface area contributed by atoms with E-state index in [1.165, 1.54) is 0 Å². The second-order valence-corrected chi connectivity index (χ2v) is 5.39. The summed E-state index contributed by atoms with van der Waals surface area (Å²) >= 11 is 1.64. The summed E-state index contributed by atoms with van der Waals surface area (Å²) in [6, 6.07) is 3.95. The van der Waals surface area contributed by atoms with E-state index in [2.05, 4.69) is 22.2 Å². The van der Waals surface area contributed by atoms with Crippen LogP contribution in [0.2, 0.25) is 0 Å². The molecule has 0 amide bonds. The molecule has 2 heterocycles. The number of pyridine rings is 1. The summed E-state index contributed by atoms with van der Waals surface area (Å²) in [6.07, 6.45) is 0. The first kappa shape index (κ1) is 14.0. The zero-order chi connectivity index (χ0) is 13.7. The molecule has 0 aromatic carbocycles. The Morgan fingerprint density at radius 2 is 2.11 bits per heavy atom. The van der Waals surface area contributed by atoms with Crippen molar-refractivity contribution in [2.45, 2.75) is 33.9 Å². The van der Waals surface area contributed by atoms with Gasteiger partial charge in [0.1, 0.15) is 12.4 Å². The number of thiazole rings is 1. The summed E-state index contributed by atoms with van der Waals surface area (Å²) in [4.78, 5) is 8.92. The quantitative estimate of drug-likeness (QED) is 0.882. The van der Waals surface area contributed by atoms with Crippen molar-refractivity contribution in [3.05, 3.63) is 39.6 Å². The largest absolute Gasteiger partial charge is 0.485 e. The van der Waals surface area contributed by atoms with Crippen LogP contribution in [0.25, 0.3) is 0 Å². The molecule has 102 valence electrons. The molecule has 0 spiro atoms. The molecule has 1 N–H and O–H groups in total. The minimum atomic E-state index is 0.494. The highest BCUT2D eigenvalue weighted by molar-refractivity contribution is 7.09. The monoisotopic (exact) mass is 277 g/mol. The minimum absolute atomic E-state index is 0.494. The van der Waals surface area contributed by atoms with Gasteiger partial charge in [0.25, 0.3) is 0 Å². The fourth-order valence-electron chi connectivity index (χ4n) is 1.73. The first-order chi connectivity index (χ1) is 9.19. The summed E-state index contributed by atoms with van der Waals surface area (Å²) in [6.45, 7) is 8.20. The lowest BCUT2D eigenvalue weighted by atomic mass is 10.3. The second kappa shape index (κ2) is 6.63. The number of nitrogens with zero attached hydrogens (tertiary/aromatic N) is 2. The SMILES string of the molecule is CCNCc1nc(C)ccc1OCc1csc(C)n1. The van der Waals surface area contributed by atoms with E-state index >= 15 is 0 Å². The highest BCUT2D eigenvalue weighted by Crippen LogP contribution is 2.19. The Labute approximate surface area is 117 Å². The molecule has 0 bridgehead atoms. The Kier molecular flexibility index (Phi) is 4.87. The van der Waals surface area contributed by atoms with Crippen LogP contribution in [0.4, 0.5) is 0 Å². The number of aryl methyl sites for hydroxylation is 2. The molecule has 5 heteroatoms. The van der Waals surface area contributed by atoms with Crippen molar-refractivity contribution in [2.24, 2.45) is 0 Å².